The van der Waals surface area contributed by atoms with Crippen LogP contribution in [0, 0.1) is 0 Å². The van der Waals surface area contributed by atoms with Gasteiger partial charge in [0.15, 0.2) is 5.95 Å². The molecule has 19 heavy (non-hydrogen) atoms. The molecule has 1 aromatic carbocycles. The summed E-state index contributed by atoms with van der Waals surface area (Å²) in [6, 6.07) is 8.13. The zero-order valence-electron chi connectivity index (χ0n) is 10.5. The Morgan fingerprint density at radius 1 is 1.16 bits per heavy atom. The van der Waals surface area contributed by atoms with Gasteiger partial charge in [0.25, 0.3) is 0 Å². The third-order valence-electron chi connectivity index (χ3n) is 2.91. The lowest BCUT2D eigenvalue weighted by Gasteiger charge is -2.06. The number of fused-ring (bicyclic) bond motifs is 1. The van der Waals surface area contributed by atoms with Gasteiger partial charge in [0.1, 0.15) is 5.75 Å². The lowest BCUT2D eigenvalue weighted by atomic mass is 10.2. The Morgan fingerprint density at radius 3 is 3.05 bits per heavy atom. The standard InChI is InChI=1S/C14H16N4O/c1(5-16-14-17-7-8-18-14)9-19-12-3-2-11-4-6-15-13(11)10-12/h2-4,6-8,10,15H,1,5,9H2,(H2,16,17,18). The Morgan fingerprint density at radius 2 is 2.16 bits per heavy atom. The van der Waals surface area contributed by atoms with Crippen molar-refractivity contribution in [1.82, 2.24) is 15.0 Å². The van der Waals surface area contributed by atoms with Crippen LogP contribution in [0.4, 0.5) is 5.95 Å². The van der Waals surface area contributed by atoms with Crippen LogP contribution in [0.5, 0.6) is 5.75 Å². The molecule has 0 aliphatic carbocycles. The number of aromatic nitrogens is 3. The Bertz CT molecular complexity index is 630. The van der Waals surface area contributed by atoms with E-state index in [9.17, 15) is 0 Å². The van der Waals surface area contributed by atoms with Crippen LogP contribution in [-0.2, 0) is 0 Å². The fourth-order valence-corrected chi connectivity index (χ4v) is 1.95. The Balaban J connectivity index is 1.44. The van der Waals surface area contributed by atoms with E-state index in [0.29, 0.717) is 6.61 Å². The van der Waals surface area contributed by atoms with Gasteiger partial charge in [-0.3, -0.25) is 0 Å². The highest BCUT2D eigenvalue weighted by Crippen LogP contribution is 2.19. The van der Waals surface area contributed by atoms with Gasteiger partial charge >= 0.3 is 0 Å². The lowest BCUT2D eigenvalue weighted by molar-refractivity contribution is 0.315. The van der Waals surface area contributed by atoms with Crippen molar-refractivity contribution in [3.8, 4) is 5.75 Å². The number of hydrogen-bond donors (Lipinski definition) is 3. The average Bonchev–Trinajstić information content (AvgIpc) is 3.08. The van der Waals surface area contributed by atoms with Gasteiger partial charge < -0.3 is 20.0 Å². The number of benzene rings is 1. The summed E-state index contributed by atoms with van der Waals surface area (Å²) in [6.45, 7) is 1.51. The molecule has 0 amide bonds. The number of anilines is 1. The minimum Gasteiger partial charge on any atom is -0.493 e. The summed E-state index contributed by atoms with van der Waals surface area (Å²) in [7, 11) is 0. The smallest absolute Gasteiger partial charge is 0.200 e. The summed E-state index contributed by atoms with van der Waals surface area (Å²) in [6.07, 6.45) is 6.38. The minimum absolute atomic E-state index is 0.680. The van der Waals surface area contributed by atoms with Crippen molar-refractivity contribution in [3.63, 3.8) is 0 Å². The molecule has 0 aliphatic heterocycles. The maximum atomic E-state index is 5.71. The molecule has 3 aromatic rings. The van der Waals surface area contributed by atoms with Crippen molar-refractivity contribution >= 4 is 16.9 Å². The molecule has 3 N–H and O–H groups in total. The second-order valence-electron chi connectivity index (χ2n) is 4.29. The first-order valence-electron chi connectivity index (χ1n) is 6.35. The van der Waals surface area contributed by atoms with Gasteiger partial charge in [-0.1, -0.05) is 0 Å². The highest BCUT2D eigenvalue weighted by molar-refractivity contribution is 5.80. The Hall–Kier alpha value is -2.43. The molecule has 0 radical (unpaired) electrons. The summed E-state index contributed by atoms with van der Waals surface area (Å²) >= 11 is 0. The second-order valence-corrected chi connectivity index (χ2v) is 4.29. The SMILES string of the molecule is c1c[nH]c(NCCCOc2ccc3cc[nH]c3c2)n1. The monoisotopic (exact) mass is 256 g/mol. The Kier molecular flexibility index (Phi) is 3.36. The van der Waals surface area contributed by atoms with Crippen molar-refractivity contribution in [2.24, 2.45) is 0 Å². The number of ether oxygens (including phenoxy) is 1. The molecular formula is C14H16N4O. The molecule has 2 aromatic heterocycles. The molecule has 98 valence electrons. The fourth-order valence-electron chi connectivity index (χ4n) is 1.95. The summed E-state index contributed by atoms with van der Waals surface area (Å²) in [5, 5.41) is 4.38. The van der Waals surface area contributed by atoms with Crippen LogP contribution in [0.3, 0.4) is 0 Å². The molecule has 0 bridgehead atoms. The first-order valence-corrected chi connectivity index (χ1v) is 6.35. The lowest BCUT2D eigenvalue weighted by Crippen LogP contribution is -2.08. The van der Waals surface area contributed by atoms with Crippen LogP contribution in [0.2, 0.25) is 0 Å². The topological polar surface area (TPSA) is 65.7 Å². The van der Waals surface area contributed by atoms with Gasteiger partial charge in [-0.15, -0.1) is 0 Å². The molecule has 0 aliphatic rings. The van der Waals surface area contributed by atoms with E-state index < -0.39 is 0 Å². The van der Waals surface area contributed by atoms with Crippen molar-refractivity contribution in [2.75, 3.05) is 18.5 Å². The number of imidazole rings is 1. The molecule has 0 saturated heterocycles. The molecule has 0 spiro atoms. The van der Waals surface area contributed by atoms with Crippen LogP contribution < -0.4 is 10.1 Å². The number of H-pyrrole nitrogens is 2. The summed E-state index contributed by atoms with van der Waals surface area (Å²) in [5.41, 5.74) is 1.10. The first kappa shape index (κ1) is 11.6. The fraction of sp³-hybridized carbons (Fsp3) is 0.214. The van der Waals surface area contributed by atoms with Gasteiger partial charge in [0.05, 0.1) is 6.61 Å². The van der Waals surface area contributed by atoms with E-state index in [0.717, 1.165) is 30.2 Å². The molecule has 3 rings (SSSR count). The predicted molar refractivity (Wildman–Crippen MR) is 75.5 cm³/mol. The van der Waals surface area contributed by atoms with Crippen molar-refractivity contribution in [1.29, 1.82) is 0 Å². The first-order chi connectivity index (χ1) is 9.42. The third kappa shape index (κ3) is 2.88. The number of nitrogens with one attached hydrogen (secondary N) is 3. The summed E-state index contributed by atoms with van der Waals surface area (Å²) in [4.78, 5) is 10.3. The normalized spacial score (nSPS) is 10.7. The highest BCUT2D eigenvalue weighted by Gasteiger charge is 1.98. The zero-order chi connectivity index (χ0) is 12.9. The van der Waals surface area contributed by atoms with Crippen LogP contribution in [0.25, 0.3) is 10.9 Å². The molecule has 5 nitrogen and oxygen atoms in total. The van der Waals surface area contributed by atoms with E-state index >= 15 is 0 Å². The number of rotatable bonds is 6. The molecule has 0 atom stereocenters. The van der Waals surface area contributed by atoms with E-state index in [4.69, 9.17) is 4.74 Å². The van der Waals surface area contributed by atoms with Gasteiger partial charge in [0, 0.05) is 36.7 Å². The van der Waals surface area contributed by atoms with Crippen LogP contribution in [0.1, 0.15) is 6.42 Å². The highest BCUT2D eigenvalue weighted by atomic mass is 16.5. The zero-order valence-corrected chi connectivity index (χ0v) is 10.5. The largest absolute Gasteiger partial charge is 0.493 e. The Labute approximate surface area is 111 Å². The average molecular weight is 256 g/mol. The maximum absolute atomic E-state index is 5.71. The molecule has 0 fully saturated rings. The van der Waals surface area contributed by atoms with Crippen LogP contribution >= 0.6 is 0 Å². The number of nitrogens with zero attached hydrogens (tertiary/aromatic N) is 1. The molecule has 0 saturated carbocycles. The predicted octanol–water partition coefficient (Wildman–Crippen LogP) is 2.77. The van der Waals surface area contributed by atoms with Crippen molar-refractivity contribution < 1.29 is 4.74 Å². The maximum Gasteiger partial charge on any atom is 0.200 e. The van der Waals surface area contributed by atoms with E-state index in [1.165, 1.54) is 5.39 Å². The van der Waals surface area contributed by atoms with Gasteiger partial charge in [-0.25, -0.2) is 4.98 Å². The van der Waals surface area contributed by atoms with Gasteiger partial charge in [-0.2, -0.15) is 0 Å². The third-order valence-corrected chi connectivity index (χ3v) is 2.91. The molecule has 5 heteroatoms. The summed E-state index contributed by atoms with van der Waals surface area (Å²) in [5.74, 6) is 1.70. The van der Waals surface area contributed by atoms with E-state index in [2.05, 4.69) is 26.3 Å². The number of hydrogen-bond acceptors (Lipinski definition) is 3. The van der Waals surface area contributed by atoms with Crippen LogP contribution in [-0.4, -0.2) is 28.1 Å². The van der Waals surface area contributed by atoms with Gasteiger partial charge in [-0.05, 0) is 30.0 Å². The molecule has 0 unspecified atom stereocenters. The summed E-state index contributed by atoms with van der Waals surface area (Å²) < 4.78 is 5.71. The molecular weight excluding hydrogens is 240 g/mol. The van der Waals surface area contributed by atoms with Crippen molar-refractivity contribution in [2.45, 2.75) is 6.42 Å². The van der Waals surface area contributed by atoms with E-state index in [1.54, 1.807) is 12.4 Å². The number of aromatic amines is 2. The van der Waals surface area contributed by atoms with E-state index in [1.807, 2.05) is 24.4 Å². The second kappa shape index (κ2) is 5.48. The van der Waals surface area contributed by atoms with Crippen LogP contribution in [0.15, 0.2) is 42.9 Å². The quantitative estimate of drug-likeness (QED) is 0.594. The van der Waals surface area contributed by atoms with Gasteiger partial charge in [0.2, 0.25) is 0 Å². The van der Waals surface area contributed by atoms with Crippen molar-refractivity contribution in [3.05, 3.63) is 42.9 Å². The van der Waals surface area contributed by atoms with E-state index in [-0.39, 0.29) is 0 Å². The minimum atomic E-state index is 0.680. The molecule has 2 heterocycles.